The molecule has 0 aliphatic heterocycles. The van der Waals surface area contributed by atoms with E-state index in [2.05, 4.69) is 10.1 Å². The topological polar surface area (TPSA) is 56.7 Å². The van der Waals surface area contributed by atoms with Crippen LogP contribution in [0.3, 0.4) is 0 Å². The van der Waals surface area contributed by atoms with Crippen LogP contribution in [0.1, 0.15) is 18.7 Å². The summed E-state index contributed by atoms with van der Waals surface area (Å²) in [6.45, 7) is 1.91. The monoisotopic (exact) mass is 188 g/mol. The van der Waals surface area contributed by atoms with E-state index in [1.54, 1.807) is 17.1 Å². The molecule has 2 rings (SSSR count). The first kappa shape index (κ1) is 8.90. The molecule has 0 radical (unpaired) electrons. The Labute approximate surface area is 82.4 Å². The maximum atomic E-state index is 5.70. The second kappa shape index (κ2) is 3.59. The Balaban J connectivity index is 2.31. The summed E-state index contributed by atoms with van der Waals surface area (Å²) in [6.07, 6.45) is 5.38. The number of pyridine rings is 1. The molecule has 0 aromatic carbocycles. The van der Waals surface area contributed by atoms with Gasteiger partial charge in [0.25, 0.3) is 0 Å². The van der Waals surface area contributed by atoms with E-state index in [9.17, 15) is 0 Å². The van der Waals surface area contributed by atoms with E-state index in [1.165, 1.54) is 0 Å². The highest BCUT2D eigenvalue weighted by Gasteiger charge is 2.01. The number of rotatable bonds is 2. The Morgan fingerprint density at radius 2 is 2.29 bits per heavy atom. The van der Waals surface area contributed by atoms with Crippen LogP contribution < -0.4 is 5.73 Å². The molecule has 72 valence electrons. The van der Waals surface area contributed by atoms with Gasteiger partial charge >= 0.3 is 0 Å². The molecule has 2 N–H and O–H groups in total. The van der Waals surface area contributed by atoms with Gasteiger partial charge in [-0.3, -0.25) is 4.98 Å². The van der Waals surface area contributed by atoms with Crippen LogP contribution in [0, 0.1) is 0 Å². The molecular weight excluding hydrogens is 176 g/mol. The molecule has 0 spiro atoms. The molecule has 0 saturated carbocycles. The zero-order valence-electron chi connectivity index (χ0n) is 7.96. The molecule has 2 aromatic heterocycles. The van der Waals surface area contributed by atoms with Crippen molar-refractivity contribution in [3.8, 4) is 5.69 Å². The first-order chi connectivity index (χ1) is 6.77. The number of hydrogen-bond acceptors (Lipinski definition) is 3. The lowest BCUT2D eigenvalue weighted by molar-refractivity contribution is 0.775. The number of aromatic nitrogens is 3. The normalized spacial score (nSPS) is 12.7. The summed E-state index contributed by atoms with van der Waals surface area (Å²) in [5.74, 6) is 0. The van der Waals surface area contributed by atoms with Crippen LogP contribution in [-0.2, 0) is 0 Å². The van der Waals surface area contributed by atoms with Crippen molar-refractivity contribution in [1.29, 1.82) is 0 Å². The molecular formula is C10H12N4. The fourth-order valence-corrected chi connectivity index (χ4v) is 1.22. The van der Waals surface area contributed by atoms with Crippen LogP contribution >= 0.6 is 0 Å². The molecule has 2 aromatic rings. The second-order valence-electron chi connectivity index (χ2n) is 3.18. The van der Waals surface area contributed by atoms with Crippen molar-refractivity contribution in [3.05, 3.63) is 42.5 Å². The minimum absolute atomic E-state index is 0.0262. The minimum Gasteiger partial charge on any atom is -0.323 e. The summed E-state index contributed by atoms with van der Waals surface area (Å²) >= 11 is 0. The molecule has 0 bridgehead atoms. The highest BCUT2D eigenvalue weighted by atomic mass is 15.3. The maximum absolute atomic E-state index is 5.70. The number of hydrogen-bond donors (Lipinski definition) is 1. The van der Waals surface area contributed by atoms with Gasteiger partial charge in [-0.15, -0.1) is 0 Å². The van der Waals surface area contributed by atoms with Crippen LogP contribution in [0.2, 0.25) is 0 Å². The van der Waals surface area contributed by atoms with Gasteiger partial charge in [0.1, 0.15) is 0 Å². The highest BCUT2D eigenvalue weighted by molar-refractivity contribution is 5.28. The minimum atomic E-state index is -0.0262. The molecule has 0 saturated heterocycles. The molecule has 2 heterocycles. The van der Waals surface area contributed by atoms with E-state index < -0.39 is 0 Å². The molecule has 0 aliphatic rings. The smallest absolute Gasteiger partial charge is 0.0828 e. The van der Waals surface area contributed by atoms with Crippen LogP contribution in [-0.4, -0.2) is 14.8 Å². The molecule has 0 aliphatic carbocycles. The van der Waals surface area contributed by atoms with Crippen molar-refractivity contribution in [3.63, 3.8) is 0 Å². The Bertz CT molecular complexity index is 389. The molecule has 0 unspecified atom stereocenters. The molecule has 4 nitrogen and oxygen atoms in total. The predicted octanol–water partition coefficient (Wildman–Crippen LogP) is 1.29. The van der Waals surface area contributed by atoms with Gasteiger partial charge in [-0.25, -0.2) is 4.68 Å². The first-order valence-corrected chi connectivity index (χ1v) is 4.49. The largest absolute Gasteiger partial charge is 0.323 e. The van der Waals surface area contributed by atoms with Crippen LogP contribution in [0.5, 0.6) is 0 Å². The summed E-state index contributed by atoms with van der Waals surface area (Å²) in [6, 6.07) is 5.72. The lowest BCUT2D eigenvalue weighted by Gasteiger charge is -2.05. The average molecular weight is 188 g/mol. The van der Waals surface area contributed by atoms with E-state index >= 15 is 0 Å². The summed E-state index contributed by atoms with van der Waals surface area (Å²) in [5.41, 5.74) is 7.53. The van der Waals surface area contributed by atoms with E-state index in [4.69, 9.17) is 5.73 Å². The van der Waals surface area contributed by atoms with Gasteiger partial charge in [0.2, 0.25) is 0 Å². The molecule has 1 atom stereocenters. The van der Waals surface area contributed by atoms with Crippen molar-refractivity contribution in [2.24, 2.45) is 5.73 Å². The fourth-order valence-electron chi connectivity index (χ4n) is 1.22. The van der Waals surface area contributed by atoms with Crippen molar-refractivity contribution >= 4 is 0 Å². The summed E-state index contributed by atoms with van der Waals surface area (Å²) in [4.78, 5) is 4.25. The summed E-state index contributed by atoms with van der Waals surface area (Å²) in [7, 11) is 0. The van der Waals surface area contributed by atoms with Crippen molar-refractivity contribution in [1.82, 2.24) is 14.8 Å². The van der Waals surface area contributed by atoms with Gasteiger partial charge in [0.15, 0.2) is 0 Å². The van der Waals surface area contributed by atoms with Crippen LogP contribution in [0.25, 0.3) is 5.69 Å². The van der Waals surface area contributed by atoms with Crippen molar-refractivity contribution in [2.75, 3.05) is 0 Å². The molecule has 0 amide bonds. The van der Waals surface area contributed by atoms with Gasteiger partial charge in [-0.1, -0.05) is 0 Å². The van der Waals surface area contributed by atoms with E-state index in [0.717, 1.165) is 11.4 Å². The Hall–Kier alpha value is -1.68. The van der Waals surface area contributed by atoms with Gasteiger partial charge in [0, 0.05) is 18.4 Å². The molecule has 14 heavy (non-hydrogen) atoms. The Morgan fingerprint density at radius 1 is 1.43 bits per heavy atom. The molecule has 0 fully saturated rings. The van der Waals surface area contributed by atoms with Gasteiger partial charge in [-0.05, 0) is 25.1 Å². The fraction of sp³-hybridized carbons (Fsp3) is 0.200. The highest BCUT2D eigenvalue weighted by Crippen LogP contribution is 2.09. The van der Waals surface area contributed by atoms with Gasteiger partial charge < -0.3 is 5.73 Å². The third-order valence-electron chi connectivity index (χ3n) is 2.01. The quantitative estimate of drug-likeness (QED) is 0.772. The van der Waals surface area contributed by atoms with Gasteiger partial charge in [0.05, 0.1) is 17.6 Å². The maximum Gasteiger partial charge on any atom is 0.0828 e. The lowest BCUT2D eigenvalue weighted by atomic mass is 10.2. The lowest BCUT2D eigenvalue weighted by Crippen LogP contribution is -2.07. The summed E-state index contributed by atoms with van der Waals surface area (Å²) in [5, 5.41) is 4.11. The predicted molar refractivity (Wildman–Crippen MR) is 54.0 cm³/mol. The second-order valence-corrected chi connectivity index (χ2v) is 3.18. The summed E-state index contributed by atoms with van der Waals surface area (Å²) < 4.78 is 1.76. The van der Waals surface area contributed by atoms with Gasteiger partial charge in [-0.2, -0.15) is 5.10 Å². The van der Waals surface area contributed by atoms with Crippen LogP contribution in [0.15, 0.2) is 36.8 Å². The van der Waals surface area contributed by atoms with E-state index in [0.29, 0.717) is 0 Å². The van der Waals surface area contributed by atoms with E-state index in [1.807, 2.05) is 31.3 Å². The Kier molecular flexibility index (Phi) is 2.28. The Morgan fingerprint density at radius 3 is 2.79 bits per heavy atom. The average Bonchev–Trinajstić information content (AvgIpc) is 2.71. The van der Waals surface area contributed by atoms with E-state index in [-0.39, 0.29) is 6.04 Å². The third-order valence-corrected chi connectivity index (χ3v) is 2.01. The third kappa shape index (κ3) is 1.65. The zero-order chi connectivity index (χ0) is 9.97. The SMILES string of the molecule is C[C@H](N)c1ccc(-n2cccn2)cn1. The number of nitrogens with zero attached hydrogens (tertiary/aromatic N) is 3. The molecule has 4 heteroatoms. The number of nitrogens with two attached hydrogens (primary N) is 1. The standard InChI is InChI=1S/C10H12N4/c1-8(11)10-4-3-9(7-12-10)14-6-2-5-13-14/h2-8H,11H2,1H3/t8-/m0/s1. The first-order valence-electron chi connectivity index (χ1n) is 4.49. The van der Waals surface area contributed by atoms with Crippen molar-refractivity contribution in [2.45, 2.75) is 13.0 Å². The van der Waals surface area contributed by atoms with Crippen molar-refractivity contribution < 1.29 is 0 Å². The zero-order valence-corrected chi connectivity index (χ0v) is 7.96. The van der Waals surface area contributed by atoms with Crippen LogP contribution in [0.4, 0.5) is 0 Å².